The van der Waals surface area contributed by atoms with E-state index in [0.717, 1.165) is 24.2 Å². The van der Waals surface area contributed by atoms with Gasteiger partial charge in [0.25, 0.3) is 6.43 Å². The van der Waals surface area contributed by atoms with Gasteiger partial charge in [0.15, 0.2) is 0 Å². The van der Waals surface area contributed by atoms with Crippen LogP contribution in [0.1, 0.15) is 52.4 Å². The van der Waals surface area contributed by atoms with Gasteiger partial charge >= 0.3 is 0 Å². The molecule has 0 aromatic carbocycles. The number of carbonyl (C=O) groups is 1. The molecule has 0 aromatic rings. The van der Waals surface area contributed by atoms with Crippen molar-refractivity contribution in [3.05, 3.63) is 0 Å². The van der Waals surface area contributed by atoms with Gasteiger partial charge in [-0.05, 0) is 26.7 Å². The molecule has 0 saturated heterocycles. The largest absolute Gasteiger partial charge is 0.389 e. The maximum atomic E-state index is 12.4. The second-order valence-corrected chi connectivity index (χ2v) is 5.49. The van der Waals surface area contributed by atoms with Gasteiger partial charge in [-0.2, -0.15) is 0 Å². The molecule has 0 heterocycles. The van der Waals surface area contributed by atoms with Crippen molar-refractivity contribution in [1.82, 2.24) is 4.90 Å². The number of amides is 1. The smallest absolute Gasteiger partial charge is 0.255 e. The Morgan fingerprint density at radius 1 is 1.28 bits per heavy atom. The monoisotopic (exact) mass is 263 g/mol. The van der Waals surface area contributed by atoms with Crippen molar-refractivity contribution in [3.8, 4) is 0 Å². The highest BCUT2D eigenvalue weighted by Crippen LogP contribution is 2.31. The van der Waals surface area contributed by atoms with Crippen molar-refractivity contribution in [2.45, 2.75) is 70.4 Å². The molecule has 1 aliphatic carbocycles. The number of hydrogen-bond donors (Lipinski definition) is 1. The minimum atomic E-state index is -2.53. The third-order valence-electron chi connectivity index (χ3n) is 3.54. The van der Waals surface area contributed by atoms with Gasteiger partial charge in [0.1, 0.15) is 0 Å². The molecule has 3 nitrogen and oxygen atoms in total. The van der Waals surface area contributed by atoms with Crippen LogP contribution in [0, 0.1) is 0 Å². The lowest BCUT2D eigenvalue weighted by Crippen LogP contribution is -2.45. The predicted octanol–water partition coefficient (Wildman–Crippen LogP) is 2.57. The lowest BCUT2D eigenvalue weighted by atomic mass is 9.82. The van der Waals surface area contributed by atoms with Crippen LogP contribution in [0.15, 0.2) is 0 Å². The fourth-order valence-electron chi connectivity index (χ4n) is 2.52. The van der Waals surface area contributed by atoms with Crippen molar-refractivity contribution >= 4 is 5.91 Å². The lowest BCUT2D eigenvalue weighted by molar-refractivity contribution is -0.141. The number of hydrogen-bond acceptors (Lipinski definition) is 2. The van der Waals surface area contributed by atoms with Crippen LogP contribution in [0.5, 0.6) is 0 Å². The van der Waals surface area contributed by atoms with Crippen LogP contribution < -0.4 is 0 Å². The molecule has 0 spiro atoms. The van der Waals surface area contributed by atoms with Gasteiger partial charge < -0.3 is 10.0 Å². The summed E-state index contributed by atoms with van der Waals surface area (Å²) in [5.74, 6) is -0.366. The van der Waals surface area contributed by atoms with Crippen molar-refractivity contribution in [3.63, 3.8) is 0 Å². The van der Waals surface area contributed by atoms with Gasteiger partial charge in [-0.25, -0.2) is 8.78 Å². The van der Waals surface area contributed by atoms with E-state index < -0.39 is 18.6 Å². The van der Waals surface area contributed by atoms with Gasteiger partial charge in [0.2, 0.25) is 5.91 Å². The van der Waals surface area contributed by atoms with Crippen LogP contribution in [0.2, 0.25) is 0 Å². The van der Waals surface area contributed by atoms with Crippen LogP contribution in [-0.2, 0) is 4.79 Å². The molecule has 0 bridgehead atoms. The Morgan fingerprint density at radius 2 is 1.83 bits per heavy atom. The number of nitrogens with zero attached hydrogens (tertiary/aromatic N) is 1. The van der Waals surface area contributed by atoms with E-state index in [0.29, 0.717) is 12.8 Å². The maximum absolute atomic E-state index is 12.4. The van der Waals surface area contributed by atoms with E-state index in [-0.39, 0.29) is 18.4 Å². The predicted molar refractivity (Wildman–Crippen MR) is 65.5 cm³/mol. The van der Waals surface area contributed by atoms with Gasteiger partial charge in [0, 0.05) is 6.04 Å². The third kappa shape index (κ3) is 4.52. The summed E-state index contributed by atoms with van der Waals surface area (Å²) in [7, 11) is 0. The molecular formula is C13H23F2NO2. The molecule has 1 rings (SSSR count). The first-order valence-electron chi connectivity index (χ1n) is 6.64. The Kier molecular flexibility index (Phi) is 5.50. The van der Waals surface area contributed by atoms with Crippen LogP contribution in [0.4, 0.5) is 8.78 Å². The van der Waals surface area contributed by atoms with Gasteiger partial charge in [-0.15, -0.1) is 0 Å². The average molecular weight is 263 g/mol. The Bertz CT molecular complexity index is 276. The summed E-state index contributed by atoms with van der Waals surface area (Å²) in [6.07, 6.45) is 1.51. The highest BCUT2D eigenvalue weighted by molar-refractivity contribution is 5.77. The fourth-order valence-corrected chi connectivity index (χ4v) is 2.52. The molecule has 0 aliphatic heterocycles. The number of aliphatic hydroxyl groups is 1. The minimum absolute atomic E-state index is 0.0299. The van der Waals surface area contributed by atoms with Crippen LogP contribution >= 0.6 is 0 Å². The number of rotatable bonds is 5. The minimum Gasteiger partial charge on any atom is -0.389 e. The summed E-state index contributed by atoms with van der Waals surface area (Å²) in [6, 6.07) is -0.265. The molecular weight excluding hydrogens is 240 g/mol. The average Bonchev–Trinajstić information content (AvgIpc) is 2.25. The summed E-state index contributed by atoms with van der Waals surface area (Å²) >= 11 is 0. The van der Waals surface area contributed by atoms with E-state index in [4.69, 9.17) is 0 Å². The van der Waals surface area contributed by atoms with E-state index >= 15 is 0 Å². The van der Waals surface area contributed by atoms with Crippen molar-refractivity contribution < 1.29 is 18.7 Å². The first kappa shape index (κ1) is 15.3. The molecule has 18 heavy (non-hydrogen) atoms. The Balaban J connectivity index is 2.60. The van der Waals surface area contributed by atoms with Crippen molar-refractivity contribution in [2.24, 2.45) is 0 Å². The molecule has 0 atom stereocenters. The normalized spacial score (nSPS) is 19.3. The number of alkyl halides is 2. The Hall–Kier alpha value is -0.710. The summed E-state index contributed by atoms with van der Waals surface area (Å²) in [4.78, 5) is 13.2. The van der Waals surface area contributed by atoms with Crippen molar-refractivity contribution in [1.29, 1.82) is 0 Å². The van der Waals surface area contributed by atoms with Crippen LogP contribution in [0.3, 0.4) is 0 Å². The molecule has 5 heteroatoms. The molecule has 1 fully saturated rings. The molecule has 106 valence electrons. The number of carbonyl (C=O) groups excluding carboxylic acids is 1. The van der Waals surface area contributed by atoms with Crippen molar-refractivity contribution in [2.75, 3.05) is 6.54 Å². The van der Waals surface area contributed by atoms with Gasteiger partial charge in [-0.3, -0.25) is 4.79 Å². The van der Waals surface area contributed by atoms with Crippen LogP contribution in [0.25, 0.3) is 0 Å². The standard InChI is InChI=1S/C13H23F2NO2/c1-10(2)16(9-11(14)15)12(17)8-13(18)6-4-3-5-7-13/h10-11,18H,3-9H2,1-2H3. The highest BCUT2D eigenvalue weighted by atomic mass is 19.3. The highest BCUT2D eigenvalue weighted by Gasteiger charge is 2.34. The maximum Gasteiger partial charge on any atom is 0.255 e. The Labute approximate surface area is 107 Å². The molecule has 1 saturated carbocycles. The lowest BCUT2D eigenvalue weighted by Gasteiger charge is -2.35. The summed E-state index contributed by atoms with van der Waals surface area (Å²) in [5.41, 5.74) is -0.982. The zero-order valence-corrected chi connectivity index (χ0v) is 11.2. The zero-order valence-electron chi connectivity index (χ0n) is 11.2. The van der Waals surface area contributed by atoms with Gasteiger partial charge in [0.05, 0.1) is 18.6 Å². The SMILES string of the molecule is CC(C)N(CC(F)F)C(=O)CC1(O)CCCCC1. The van der Waals surface area contributed by atoms with E-state index in [9.17, 15) is 18.7 Å². The second kappa shape index (κ2) is 6.45. The van der Waals surface area contributed by atoms with E-state index in [1.54, 1.807) is 13.8 Å². The molecule has 0 unspecified atom stereocenters. The fraction of sp³-hybridized carbons (Fsp3) is 0.923. The van der Waals surface area contributed by atoms with E-state index in [1.165, 1.54) is 0 Å². The molecule has 1 amide bonds. The van der Waals surface area contributed by atoms with E-state index in [2.05, 4.69) is 0 Å². The summed E-state index contributed by atoms with van der Waals surface area (Å²) < 4.78 is 24.8. The summed E-state index contributed by atoms with van der Waals surface area (Å²) in [5, 5.41) is 10.3. The second-order valence-electron chi connectivity index (χ2n) is 5.49. The topological polar surface area (TPSA) is 40.5 Å². The van der Waals surface area contributed by atoms with E-state index in [1.807, 2.05) is 0 Å². The molecule has 0 radical (unpaired) electrons. The summed E-state index contributed by atoms with van der Waals surface area (Å²) in [6.45, 7) is 2.88. The van der Waals surface area contributed by atoms with Crippen LogP contribution in [-0.4, -0.2) is 40.5 Å². The Morgan fingerprint density at radius 3 is 2.28 bits per heavy atom. The number of halogens is 2. The third-order valence-corrected chi connectivity index (χ3v) is 3.54. The first-order chi connectivity index (χ1) is 8.34. The van der Waals surface area contributed by atoms with Gasteiger partial charge in [-0.1, -0.05) is 19.3 Å². The first-order valence-corrected chi connectivity index (χ1v) is 6.64. The molecule has 0 aromatic heterocycles. The quantitative estimate of drug-likeness (QED) is 0.828. The molecule has 1 aliphatic rings. The molecule has 1 N–H and O–H groups in total. The zero-order chi connectivity index (χ0) is 13.8.